The van der Waals surface area contributed by atoms with Crippen molar-refractivity contribution in [1.82, 2.24) is 4.90 Å². The largest absolute Gasteiger partial charge is 0.380 e. The van der Waals surface area contributed by atoms with E-state index < -0.39 is 0 Å². The Hall–Kier alpha value is -0.0800. The molecule has 0 amide bonds. The Bertz CT molecular complexity index is 124. The number of nitrogens with zero attached hydrogens (tertiary/aromatic N) is 1. The molecule has 0 radical (unpaired) electrons. The number of hydrogen-bond donors (Lipinski definition) is 0. The summed E-state index contributed by atoms with van der Waals surface area (Å²) in [6.07, 6.45) is 1.66. The summed E-state index contributed by atoms with van der Waals surface area (Å²) in [6.45, 7) is 9.16. The summed E-state index contributed by atoms with van der Waals surface area (Å²) in [5, 5.41) is 0. The summed E-state index contributed by atoms with van der Waals surface area (Å²) in [5.41, 5.74) is 0. The maximum Gasteiger partial charge on any atom is 0.0741 e. The van der Waals surface area contributed by atoms with Gasteiger partial charge in [0.25, 0.3) is 0 Å². The molecule has 0 N–H and O–H groups in total. The van der Waals surface area contributed by atoms with Crippen molar-refractivity contribution >= 4 is 0 Å². The minimum atomic E-state index is 0.463. The maximum absolute atomic E-state index is 5.48. The minimum absolute atomic E-state index is 0.463. The fraction of sp³-hybridized carbons (Fsp3) is 1.00. The Labute approximate surface area is 75.9 Å². The fourth-order valence-electron chi connectivity index (χ4n) is 2.33. The van der Waals surface area contributed by atoms with E-state index in [9.17, 15) is 0 Å². The van der Waals surface area contributed by atoms with E-state index >= 15 is 0 Å². The fourth-order valence-corrected chi connectivity index (χ4v) is 2.33. The molecule has 0 aliphatic carbocycles. The second-order valence-corrected chi connectivity index (χ2v) is 3.93. The van der Waals surface area contributed by atoms with E-state index in [1.54, 1.807) is 0 Å². The summed E-state index contributed by atoms with van der Waals surface area (Å²) < 4.78 is 5.48. The third kappa shape index (κ3) is 1.80. The highest BCUT2D eigenvalue weighted by Crippen LogP contribution is 2.25. The van der Waals surface area contributed by atoms with Crippen LogP contribution < -0.4 is 0 Å². The third-order valence-electron chi connectivity index (χ3n) is 2.90. The van der Waals surface area contributed by atoms with Gasteiger partial charge in [0, 0.05) is 19.7 Å². The average Bonchev–Trinajstić information content (AvgIpc) is 2.46. The smallest absolute Gasteiger partial charge is 0.0741 e. The van der Waals surface area contributed by atoms with Crippen molar-refractivity contribution < 1.29 is 4.74 Å². The zero-order chi connectivity index (χ0) is 9.14. The Morgan fingerprint density at radius 1 is 1.50 bits per heavy atom. The molecule has 0 spiro atoms. The molecule has 1 heterocycles. The SMILES string of the molecule is CCN1CCC(OC)C1C(C)C. The summed E-state index contributed by atoms with van der Waals surface area (Å²) in [4.78, 5) is 2.53. The maximum atomic E-state index is 5.48. The van der Waals surface area contributed by atoms with Crippen LogP contribution in [-0.4, -0.2) is 37.2 Å². The average molecular weight is 171 g/mol. The van der Waals surface area contributed by atoms with Crippen LogP contribution in [0.2, 0.25) is 0 Å². The highest BCUT2D eigenvalue weighted by Gasteiger charge is 2.34. The molecule has 1 aliphatic rings. The predicted octanol–water partition coefficient (Wildman–Crippen LogP) is 1.75. The van der Waals surface area contributed by atoms with Crippen molar-refractivity contribution in [2.24, 2.45) is 5.92 Å². The van der Waals surface area contributed by atoms with Gasteiger partial charge in [-0.3, -0.25) is 4.90 Å². The molecule has 1 saturated heterocycles. The number of methoxy groups -OCH3 is 1. The van der Waals surface area contributed by atoms with Gasteiger partial charge in [-0.1, -0.05) is 20.8 Å². The molecule has 12 heavy (non-hydrogen) atoms. The molecule has 1 fully saturated rings. The Balaban J connectivity index is 2.59. The lowest BCUT2D eigenvalue weighted by atomic mass is 9.99. The minimum Gasteiger partial charge on any atom is -0.380 e. The normalized spacial score (nSPS) is 31.8. The van der Waals surface area contributed by atoms with Crippen molar-refractivity contribution in [3.05, 3.63) is 0 Å². The molecule has 2 unspecified atom stereocenters. The summed E-state index contributed by atoms with van der Waals surface area (Å²) in [7, 11) is 1.83. The van der Waals surface area contributed by atoms with Gasteiger partial charge < -0.3 is 4.74 Å². The van der Waals surface area contributed by atoms with Crippen molar-refractivity contribution in [2.45, 2.75) is 39.3 Å². The molecular formula is C10H21NO. The van der Waals surface area contributed by atoms with Crippen molar-refractivity contribution in [2.75, 3.05) is 20.2 Å². The van der Waals surface area contributed by atoms with Crippen LogP contribution in [0.5, 0.6) is 0 Å². The lowest BCUT2D eigenvalue weighted by Gasteiger charge is -2.29. The van der Waals surface area contributed by atoms with Crippen LogP contribution in [-0.2, 0) is 4.74 Å². The van der Waals surface area contributed by atoms with Gasteiger partial charge in [-0.25, -0.2) is 0 Å². The van der Waals surface area contributed by atoms with Crippen LogP contribution in [0.25, 0.3) is 0 Å². The first-order chi connectivity index (χ1) is 5.70. The number of hydrogen-bond acceptors (Lipinski definition) is 2. The third-order valence-corrected chi connectivity index (χ3v) is 2.90. The van der Waals surface area contributed by atoms with Gasteiger partial charge in [0.15, 0.2) is 0 Å². The van der Waals surface area contributed by atoms with Gasteiger partial charge in [0.05, 0.1) is 6.10 Å². The highest BCUT2D eigenvalue weighted by atomic mass is 16.5. The molecule has 2 nitrogen and oxygen atoms in total. The van der Waals surface area contributed by atoms with Crippen molar-refractivity contribution in [3.8, 4) is 0 Å². The molecule has 0 aromatic rings. The van der Waals surface area contributed by atoms with Crippen molar-refractivity contribution in [1.29, 1.82) is 0 Å². The first-order valence-corrected chi connectivity index (χ1v) is 4.97. The lowest BCUT2D eigenvalue weighted by molar-refractivity contribution is 0.0474. The van der Waals surface area contributed by atoms with E-state index in [2.05, 4.69) is 25.7 Å². The molecule has 2 atom stereocenters. The summed E-state index contributed by atoms with van der Waals surface area (Å²) in [6, 6.07) is 0.639. The van der Waals surface area contributed by atoms with Gasteiger partial charge >= 0.3 is 0 Å². The molecule has 0 aromatic carbocycles. The molecule has 2 heteroatoms. The zero-order valence-corrected chi connectivity index (χ0v) is 8.71. The first-order valence-electron chi connectivity index (χ1n) is 4.97. The van der Waals surface area contributed by atoms with E-state index in [0.29, 0.717) is 18.1 Å². The standard InChI is InChI=1S/C10H21NO/c1-5-11-7-6-9(12-4)10(11)8(2)3/h8-10H,5-7H2,1-4H3. The number of ether oxygens (including phenoxy) is 1. The zero-order valence-electron chi connectivity index (χ0n) is 8.71. The van der Waals surface area contributed by atoms with E-state index in [0.717, 1.165) is 6.54 Å². The molecule has 0 saturated carbocycles. The van der Waals surface area contributed by atoms with Crippen LogP contribution >= 0.6 is 0 Å². The van der Waals surface area contributed by atoms with Gasteiger partial charge in [0.2, 0.25) is 0 Å². The number of likely N-dealkylation sites (tertiary alicyclic amines) is 1. The van der Waals surface area contributed by atoms with Crippen LogP contribution in [0.3, 0.4) is 0 Å². The number of likely N-dealkylation sites (N-methyl/N-ethyl adjacent to an activating group) is 1. The molecule has 72 valence electrons. The Morgan fingerprint density at radius 2 is 2.17 bits per heavy atom. The lowest BCUT2D eigenvalue weighted by Crippen LogP contribution is -2.39. The van der Waals surface area contributed by atoms with Gasteiger partial charge in [0.1, 0.15) is 0 Å². The molecule has 1 aliphatic heterocycles. The second kappa shape index (κ2) is 4.24. The molecule has 0 bridgehead atoms. The topological polar surface area (TPSA) is 12.5 Å². The Morgan fingerprint density at radius 3 is 2.58 bits per heavy atom. The number of rotatable bonds is 3. The summed E-state index contributed by atoms with van der Waals surface area (Å²) in [5.74, 6) is 0.706. The van der Waals surface area contributed by atoms with Gasteiger partial charge in [-0.15, -0.1) is 0 Å². The molecule has 0 aromatic heterocycles. The highest BCUT2D eigenvalue weighted by molar-refractivity contribution is 4.89. The van der Waals surface area contributed by atoms with E-state index in [1.165, 1.54) is 13.0 Å². The second-order valence-electron chi connectivity index (χ2n) is 3.93. The monoisotopic (exact) mass is 171 g/mol. The quantitative estimate of drug-likeness (QED) is 0.641. The van der Waals surface area contributed by atoms with E-state index in [1.807, 2.05) is 7.11 Å². The van der Waals surface area contributed by atoms with Gasteiger partial charge in [-0.2, -0.15) is 0 Å². The summed E-state index contributed by atoms with van der Waals surface area (Å²) >= 11 is 0. The molecular weight excluding hydrogens is 150 g/mol. The van der Waals surface area contributed by atoms with Crippen LogP contribution in [0.1, 0.15) is 27.2 Å². The van der Waals surface area contributed by atoms with Crippen LogP contribution in [0, 0.1) is 5.92 Å². The van der Waals surface area contributed by atoms with Gasteiger partial charge in [-0.05, 0) is 18.9 Å². The van der Waals surface area contributed by atoms with Crippen LogP contribution in [0.4, 0.5) is 0 Å². The predicted molar refractivity (Wildman–Crippen MR) is 51.3 cm³/mol. The van der Waals surface area contributed by atoms with Crippen molar-refractivity contribution in [3.63, 3.8) is 0 Å². The first kappa shape index (κ1) is 10.0. The molecule has 1 rings (SSSR count). The Kier molecular flexibility index (Phi) is 3.53. The van der Waals surface area contributed by atoms with Crippen LogP contribution in [0.15, 0.2) is 0 Å². The van der Waals surface area contributed by atoms with E-state index in [-0.39, 0.29) is 0 Å². The van der Waals surface area contributed by atoms with E-state index in [4.69, 9.17) is 4.74 Å².